The van der Waals surface area contributed by atoms with Gasteiger partial charge >= 0.3 is 5.69 Å². The summed E-state index contributed by atoms with van der Waals surface area (Å²) in [5, 5.41) is 11.7. The molecule has 4 rings (SSSR count). The van der Waals surface area contributed by atoms with Crippen LogP contribution in [-0.2, 0) is 0 Å². The van der Waals surface area contributed by atoms with Gasteiger partial charge in [0.2, 0.25) is 0 Å². The molecule has 3 aromatic rings. The van der Waals surface area contributed by atoms with Crippen molar-refractivity contribution >= 4 is 28.3 Å². The van der Waals surface area contributed by atoms with Crippen LogP contribution in [-0.4, -0.2) is 33.9 Å². The number of imidazole rings is 1. The molecular formula is C18H16N6O2. The fourth-order valence-corrected chi connectivity index (χ4v) is 3.18. The molecule has 0 atom stereocenters. The highest BCUT2D eigenvalue weighted by atomic mass is 16.2. The first-order chi connectivity index (χ1) is 12.6. The molecule has 3 N–H and O–H groups in total. The van der Waals surface area contributed by atoms with E-state index in [2.05, 4.69) is 25.2 Å². The number of nitrogens with zero attached hydrogens (tertiary/aromatic N) is 3. The van der Waals surface area contributed by atoms with Crippen molar-refractivity contribution in [3.8, 4) is 6.07 Å². The number of carbonyl (C=O) groups is 1. The van der Waals surface area contributed by atoms with Gasteiger partial charge < -0.3 is 20.2 Å². The molecule has 1 amide bonds. The summed E-state index contributed by atoms with van der Waals surface area (Å²) in [7, 11) is 0. The van der Waals surface area contributed by atoms with E-state index in [1.807, 2.05) is 12.1 Å². The Hall–Kier alpha value is -3.60. The Morgan fingerprint density at radius 2 is 1.92 bits per heavy atom. The van der Waals surface area contributed by atoms with Crippen molar-refractivity contribution in [2.24, 2.45) is 0 Å². The topological polar surface area (TPSA) is 118 Å². The summed E-state index contributed by atoms with van der Waals surface area (Å²) in [6, 6.07) is 8.63. The zero-order chi connectivity index (χ0) is 18.1. The molecule has 1 aromatic carbocycles. The lowest BCUT2D eigenvalue weighted by molar-refractivity contribution is 0.102. The molecule has 26 heavy (non-hydrogen) atoms. The summed E-state index contributed by atoms with van der Waals surface area (Å²) in [6.45, 7) is 1.81. The second kappa shape index (κ2) is 6.37. The molecule has 0 aliphatic carbocycles. The third kappa shape index (κ3) is 2.91. The van der Waals surface area contributed by atoms with Crippen molar-refractivity contribution < 1.29 is 4.79 Å². The molecule has 0 radical (unpaired) electrons. The first kappa shape index (κ1) is 15.9. The Labute approximate surface area is 148 Å². The third-order valence-electron chi connectivity index (χ3n) is 4.47. The average molecular weight is 348 g/mol. The standard InChI is InChI=1S/C18H16N6O2/c19-9-12-4-3-11(10-20-12)17(25)21-15-7-13-14(23-18(26)22-13)8-16(15)24-5-1-2-6-24/h3-4,7-8,10H,1-2,5-6H2,(H,21,25)(H2,22,23,26). The van der Waals surface area contributed by atoms with E-state index in [1.54, 1.807) is 12.1 Å². The molecule has 1 aliphatic heterocycles. The number of nitrogens with one attached hydrogen (secondary N) is 3. The fraction of sp³-hybridized carbons (Fsp3) is 0.222. The highest BCUT2D eigenvalue weighted by molar-refractivity contribution is 6.07. The molecule has 3 heterocycles. The molecule has 1 aliphatic rings. The SMILES string of the molecule is N#Cc1ccc(C(=O)Nc2cc3[nH]c(=O)[nH]c3cc2N2CCCC2)cn1. The molecule has 8 nitrogen and oxygen atoms in total. The number of aromatic amines is 2. The van der Waals surface area contributed by atoms with Gasteiger partial charge in [0.05, 0.1) is 28.0 Å². The maximum atomic E-state index is 12.6. The highest BCUT2D eigenvalue weighted by Gasteiger charge is 2.19. The minimum atomic E-state index is -0.320. The first-order valence-corrected chi connectivity index (χ1v) is 8.32. The van der Waals surface area contributed by atoms with Crippen molar-refractivity contribution in [2.45, 2.75) is 12.8 Å². The molecule has 1 fully saturated rings. The summed E-state index contributed by atoms with van der Waals surface area (Å²) in [4.78, 5) is 35.8. The molecule has 0 unspecified atom stereocenters. The number of carbonyl (C=O) groups excluding carboxylic acids is 1. The number of H-pyrrole nitrogens is 2. The largest absolute Gasteiger partial charge is 0.370 e. The number of fused-ring (bicyclic) bond motifs is 1. The molecular weight excluding hydrogens is 332 g/mol. The van der Waals surface area contributed by atoms with E-state index in [9.17, 15) is 9.59 Å². The summed E-state index contributed by atoms with van der Waals surface area (Å²) < 4.78 is 0. The second-order valence-electron chi connectivity index (χ2n) is 6.19. The highest BCUT2D eigenvalue weighted by Crippen LogP contribution is 2.32. The van der Waals surface area contributed by atoms with Crippen LogP contribution in [0.3, 0.4) is 0 Å². The quantitative estimate of drug-likeness (QED) is 0.669. The summed E-state index contributed by atoms with van der Waals surface area (Å²) in [6.07, 6.45) is 3.56. The van der Waals surface area contributed by atoms with Gasteiger partial charge in [0.15, 0.2) is 0 Å². The van der Waals surface area contributed by atoms with Crippen LogP contribution in [0, 0.1) is 11.3 Å². The van der Waals surface area contributed by atoms with E-state index in [0.717, 1.165) is 31.6 Å². The van der Waals surface area contributed by atoms with Crippen LogP contribution in [0.5, 0.6) is 0 Å². The number of benzene rings is 1. The van der Waals surface area contributed by atoms with Crippen LogP contribution in [0.2, 0.25) is 0 Å². The predicted molar refractivity (Wildman–Crippen MR) is 97.3 cm³/mol. The minimum Gasteiger partial charge on any atom is -0.370 e. The van der Waals surface area contributed by atoms with Gasteiger partial charge in [0.25, 0.3) is 5.91 Å². The Kier molecular flexibility index (Phi) is 3.89. The zero-order valence-corrected chi connectivity index (χ0v) is 13.9. The van der Waals surface area contributed by atoms with E-state index in [0.29, 0.717) is 22.3 Å². The van der Waals surface area contributed by atoms with E-state index in [-0.39, 0.29) is 17.3 Å². The summed E-state index contributed by atoms with van der Waals surface area (Å²) in [5.41, 5.74) is 3.17. The fourth-order valence-electron chi connectivity index (χ4n) is 3.18. The molecule has 0 spiro atoms. The van der Waals surface area contributed by atoms with Crippen LogP contribution in [0.15, 0.2) is 35.3 Å². The van der Waals surface area contributed by atoms with Crippen molar-refractivity contribution in [2.75, 3.05) is 23.3 Å². The van der Waals surface area contributed by atoms with Gasteiger partial charge in [-0.2, -0.15) is 5.26 Å². The number of nitriles is 1. The van der Waals surface area contributed by atoms with Gasteiger partial charge in [-0.1, -0.05) is 0 Å². The molecule has 2 aromatic heterocycles. The number of aromatic nitrogens is 3. The van der Waals surface area contributed by atoms with Crippen LogP contribution in [0.4, 0.5) is 11.4 Å². The monoisotopic (exact) mass is 348 g/mol. The second-order valence-corrected chi connectivity index (χ2v) is 6.19. The van der Waals surface area contributed by atoms with E-state index < -0.39 is 0 Å². The lowest BCUT2D eigenvalue weighted by atomic mass is 10.2. The summed E-state index contributed by atoms with van der Waals surface area (Å²) in [5.74, 6) is -0.320. The van der Waals surface area contributed by atoms with Gasteiger partial charge in [-0.15, -0.1) is 0 Å². The van der Waals surface area contributed by atoms with Crippen LogP contribution in [0.25, 0.3) is 11.0 Å². The number of amides is 1. The van der Waals surface area contributed by atoms with Gasteiger partial charge in [0.1, 0.15) is 11.8 Å². The van der Waals surface area contributed by atoms with E-state index in [1.165, 1.54) is 12.3 Å². The van der Waals surface area contributed by atoms with Crippen molar-refractivity contribution in [1.82, 2.24) is 15.0 Å². The Balaban J connectivity index is 1.71. The van der Waals surface area contributed by atoms with Gasteiger partial charge in [-0.05, 0) is 37.1 Å². The Morgan fingerprint density at radius 3 is 2.58 bits per heavy atom. The Bertz CT molecular complexity index is 1070. The van der Waals surface area contributed by atoms with Crippen molar-refractivity contribution in [3.63, 3.8) is 0 Å². The molecule has 8 heteroatoms. The lowest BCUT2D eigenvalue weighted by Gasteiger charge is -2.21. The van der Waals surface area contributed by atoms with Crippen LogP contribution >= 0.6 is 0 Å². The maximum absolute atomic E-state index is 12.6. The van der Waals surface area contributed by atoms with Crippen LogP contribution < -0.4 is 15.9 Å². The molecule has 130 valence electrons. The molecule has 0 saturated carbocycles. The smallest absolute Gasteiger partial charge is 0.323 e. The molecule has 0 bridgehead atoms. The lowest BCUT2D eigenvalue weighted by Crippen LogP contribution is -2.21. The number of rotatable bonds is 3. The number of anilines is 2. The zero-order valence-electron chi connectivity index (χ0n) is 13.9. The Morgan fingerprint density at radius 1 is 1.19 bits per heavy atom. The van der Waals surface area contributed by atoms with E-state index in [4.69, 9.17) is 5.26 Å². The number of hydrogen-bond acceptors (Lipinski definition) is 5. The van der Waals surface area contributed by atoms with Crippen molar-refractivity contribution in [1.29, 1.82) is 5.26 Å². The third-order valence-corrected chi connectivity index (χ3v) is 4.47. The minimum absolute atomic E-state index is 0.255. The predicted octanol–water partition coefficient (Wildman–Crippen LogP) is 1.98. The summed E-state index contributed by atoms with van der Waals surface area (Å²) >= 11 is 0. The van der Waals surface area contributed by atoms with Crippen molar-refractivity contribution in [3.05, 3.63) is 52.2 Å². The van der Waals surface area contributed by atoms with Gasteiger partial charge in [-0.3, -0.25) is 4.79 Å². The molecule has 1 saturated heterocycles. The van der Waals surface area contributed by atoms with Gasteiger partial charge in [0, 0.05) is 19.3 Å². The van der Waals surface area contributed by atoms with E-state index >= 15 is 0 Å². The maximum Gasteiger partial charge on any atom is 0.323 e. The number of hydrogen-bond donors (Lipinski definition) is 3. The van der Waals surface area contributed by atoms with Gasteiger partial charge in [-0.25, -0.2) is 9.78 Å². The number of pyridine rings is 1. The normalized spacial score (nSPS) is 13.7. The average Bonchev–Trinajstić information content (AvgIpc) is 3.29. The van der Waals surface area contributed by atoms with Crippen LogP contribution in [0.1, 0.15) is 28.9 Å². The first-order valence-electron chi connectivity index (χ1n) is 8.32.